The number of aliphatic hydroxyl groups is 3. The molecule has 0 aromatic heterocycles. The molecule has 3 saturated carbocycles. The number of fused-ring (bicyclic) bond motifs is 1. The number of hydrogen-bond donors (Lipinski definition) is 3. The molecule has 0 heterocycles. The maximum atomic E-state index is 11.3. The first kappa shape index (κ1) is 14.3. The van der Waals surface area contributed by atoms with Gasteiger partial charge in [0.25, 0.3) is 0 Å². The molecule has 3 rings (SSSR count). The predicted molar refractivity (Wildman–Crippen MR) is 77.1 cm³/mol. The van der Waals surface area contributed by atoms with Gasteiger partial charge in [-0.1, -0.05) is 29.8 Å². The second-order valence-corrected chi connectivity index (χ2v) is 8.97. The molecule has 3 fully saturated rings. The second kappa shape index (κ2) is 3.76. The van der Waals surface area contributed by atoms with Crippen molar-refractivity contribution in [1.29, 1.82) is 0 Å². The van der Waals surface area contributed by atoms with Gasteiger partial charge in [-0.2, -0.15) is 0 Å². The Hall–Kier alpha value is 0.360. The van der Waals surface area contributed by atoms with Gasteiger partial charge in [0, 0.05) is 23.1 Å². The van der Waals surface area contributed by atoms with Crippen LogP contribution in [0.2, 0.25) is 0 Å². The van der Waals surface area contributed by atoms with Gasteiger partial charge in [0.15, 0.2) is 0 Å². The molecular formula is C15H25BrO3. The summed E-state index contributed by atoms with van der Waals surface area (Å²) in [7, 11) is 0. The van der Waals surface area contributed by atoms with Crippen LogP contribution < -0.4 is 0 Å². The minimum absolute atomic E-state index is 0.00192. The molecule has 0 amide bonds. The van der Waals surface area contributed by atoms with E-state index >= 15 is 0 Å². The van der Waals surface area contributed by atoms with Crippen LogP contribution in [0.3, 0.4) is 0 Å². The molecule has 4 heteroatoms. The van der Waals surface area contributed by atoms with Crippen LogP contribution in [0.5, 0.6) is 0 Å². The van der Waals surface area contributed by atoms with Crippen LogP contribution in [0, 0.1) is 16.7 Å². The van der Waals surface area contributed by atoms with Crippen molar-refractivity contribution in [3.05, 3.63) is 0 Å². The van der Waals surface area contributed by atoms with Crippen molar-refractivity contribution >= 4 is 15.9 Å². The van der Waals surface area contributed by atoms with Gasteiger partial charge in [0.1, 0.15) is 0 Å². The highest BCUT2D eigenvalue weighted by Gasteiger charge is 2.72. The van der Waals surface area contributed by atoms with Crippen molar-refractivity contribution in [3.63, 3.8) is 0 Å². The first-order valence-electron chi connectivity index (χ1n) is 7.33. The third-order valence-electron chi connectivity index (χ3n) is 6.74. The number of alkyl halides is 1. The van der Waals surface area contributed by atoms with Crippen LogP contribution >= 0.6 is 15.9 Å². The summed E-state index contributed by atoms with van der Waals surface area (Å²) in [5.74, 6) is 0.280. The van der Waals surface area contributed by atoms with E-state index in [1.54, 1.807) is 0 Å². The molecule has 3 nitrogen and oxygen atoms in total. The molecule has 0 radical (unpaired) electrons. The van der Waals surface area contributed by atoms with E-state index in [0.717, 1.165) is 19.3 Å². The monoisotopic (exact) mass is 332 g/mol. The van der Waals surface area contributed by atoms with E-state index in [1.807, 2.05) is 6.92 Å². The first-order valence-corrected chi connectivity index (χ1v) is 8.24. The Kier molecular flexibility index (Phi) is 2.83. The largest absolute Gasteiger partial charge is 0.392 e. The van der Waals surface area contributed by atoms with Gasteiger partial charge in [-0.05, 0) is 37.5 Å². The highest BCUT2D eigenvalue weighted by atomic mass is 79.9. The molecule has 6 atom stereocenters. The molecule has 2 bridgehead atoms. The number of hydrogen-bond acceptors (Lipinski definition) is 3. The summed E-state index contributed by atoms with van der Waals surface area (Å²) in [6.45, 7) is 6.16. The Bertz CT molecular complexity index is 408. The van der Waals surface area contributed by atoms with E-state index < -0.39 is 17.3 Å². The van der Waals surface area contributed by atoms with Crippen LogP contribution in [0.15, 0.2) is 0 Å². The first-order chi connectivity index (χ1) is 8.56. The van der Waals surface area contributed by atoms with Crippen molar-refractivity contribution in [2.75, 3.05) is 0 Å². The molecule has 19 heavy (non-hydrogen) atoms. The van der Waals surface area contributed by atoms with Crippen LogP contribution in [0.1, 0.15) is 52.9 Å². The summed E-state index contributed by atoms with van der Waals surface area (Å²) in [6, 6.07) is 0. The van der Waals surface area contributed by atoms with E-state index in [1.165, 1.54) is 0 Å². The van der Waals surface area contributed by atoms with Crippen molar-refractivity contribution in [3.8, 4) is 0 Å². The lowest BCUT2D eigenvalue weighted by Crippen LogP contribution is -2.69. The molecule has 110 valence electrons. The van der Waals surface area contributed by atoms with Crippen molar-refractivity contribution in [2.24, 2.45) is 16.7 Å². The van der Waals surface area contributed by atoms with E-state index in [2.05, 4.69) is 29.8 Å². The highest BCUT2D eigenvalue weighted by Crippen LogP contribution is 2.71. The SMILES string of the molecule is CC1(C)[C@@H](Br)[C@@H](O)C[C@]2(O)C[C@@](C)(O)[C@@H]3CC[C@]12C3. The Morgan fingerprint density at radius 3 is 2.37 bits per heavy atom. The Morgan fingerprint density at radius 2 is 1.74 bits per heavy atom. The number of rotatable bonds is 0. The minimum Gasteiger partial charge on any atom is -0.392 e. The van der Waals surface area contributed by atoms with Crippen LogP contribution in [0.25, 0.3) is 0 Å². The second-order valence-electron chi connectivity index (χ2n) is 7.98. The minimum atomic E-state index is -0.948. The zero-order valence-electron chi connectivity index (χ0n) is 12.0. The van der Waals surface area contributed by atoms with Crippen LogP contribution in [-0.4, -0.2) is 37.5 Å². The van der Waals surface area contributed by atoms with Crippen molar-refractivity contribution in [1.82, 2.24) is 0 Å². The maximum Gasteiger partial charge on any atom is 0.0761 e. The molecule has 3 aliphatic carbocycles. The Morgan fingerprint density at radius 1 is 1.11 bits per heavy atom. The Balaban J connectivity index is 2.12. The lowest BCUT2D eigenvalue weighted by atomic mass is 9.45. The number of halogens is 1. The molecular weight excluding hydrogens is 308 g/mol. The fourth-order valence-electron chi connectivity index (χ4n) is 5.55. The van der Waals surface area contributed by atoms with Gasteiger partial charge in [0.05, 0.1) is 17.3 Å². The van der Waals surface area contributed by atoms with Gasteiger partial charge in [0.2, 0.25) is 0 Å². The third kappa shape index (κ3) is 1.55. The highest BCUT2D eigenvalue weighted by molar-refractivity contribution is 9.09. The van der Waals surface area contributed by atoms with Gasteiger partial charge < -0.3 is 15.3 Å². The van der Waals surface area contributed by atoms with E-state index in [4.69, 9.17) is 0 Å². The summed E-state index contributed by atoms with van der Waals surface area (Å²) in [4.78, 5) is 0.00192. The van der Waals surface area contributed by atoms with E-state index in [9.17, 15) is 15.3 Å². The number of aliphatic hydroxyl groups excluding tert-OH is 1. The fraction of sp³-hybridized carbons (Fsp3) is 1.00. The quantitative estimate of drug-likeness (QED) is 0.596. The summed E-state index contributed by atoms with van der Waals surface area (Å²) in [6.07, 6.45) is 3.01. The summed E-state index contributed by atoms with van der Waals surface area (Å²) in [5, 5.41) is 32.2. The lowest BCUT2D eigenvalue weighted by molar-refractivity contribution is -0.244. The smallest absolute Gasteiger partial charge is 0.0761 e. The van der Waals surface area contributed by atoms with Crippen LogP contribution in [-0.2, 0) is 0 Å². The summed E-state index contributed by atoms with van der Waals surface area (Å²) < 4.78 is 0. The third-order valence-corrected chi connectivity index (χ3v) is 8.50. The molecule has 3 aliphatic rings. The van der Waals surface area contributed by atoms with Gasteiger partial charge in [-0.25, -0.2) is 0 Å². The van der Waals surface area contributed by atoms with Crippen molar-refractivity contribution in [2.45, 2.75) is 75.0 Å². The van der Waals surface area contributed by atoms with Gasteiger partial charge >= 0.3 is 0 Å². The molecule has 0 aliphatic heterocycles. The normalized spacial score (nSPS) is 59.8. The maximum absolute atomic E-state index is 11.3. The van der Waals surface area contributed by atoms with Crippen molar-refractivity contribution < 1.29 is 15.3 Å². The van der Waals surface area contributed by atoms with E-state index in [-0.39, 0.29) is 21.6 Å². The molecule has 0 aromatic rings. The van der Waals surface area contributed by atoms with Crippen LogP contribution in [0.4, 0.5) is 0 Å². The average molecular weight is 333 g/mol. The molecule has 1 spiro atoms. The van der Waals surface area contributed by atoms with E-state index in [0.29, 0.717) is 12.8 Å². The van der Waals surface area contributed by atoms with Gasteiger partial charge in [-0.15, -0.1) is 0 Å². The molecule has 0 unspecified atom stereocenters. The van der Waals surface area contributed by atoms with Gasteiger partial charge in [-0.3, -0.25) is 0 Å². The molecule has 0 aromatic carbocycles. The Labute approximate surface area is 123 Å². The topological polar surface area (TPSA) is 60.7 Å². The zero-order valence-corrected chi connectivity index (χ0v) is 13.6. The standard InChI is InChI=1S/C15H25BrO3/c1-12(2)11(16)10(17)7-15(19)8-13(3,18)9-4-5-14(12,15)6-9/h9-11,17-19H,4-8H2,1-3H3/t9-,10+,11+,13-,14+,15+/m1/s1. The average Bonchev–Trinajstić information content (AvgIpc) is 2.69. The zero-order chi connectivity index (χ0) is 14.3. The fourth-order valence-corrected chi connectivity index (χ4v) is 6.18. The summed E-state index contributed by atoms with van der Waals surface area (Å²) in [5.41, 5.74) is -2.11. The lowest BCUT2D eigenvalue weighted by Gasteiger charge is -2.64. The summed E-state index contributed by atoms with van der Waals surface area (Å²) >= 11 is 3.66. The molecule has 0 saturated heterocycles. The molecule has 3 N–H and O–H groups in total. The predicted octanol–water partition coefficient (Wildman–Crippen LogP) is 2.21.